The van der Waals surface area contributed by atoms with Crippen LogP contribution in [0, 0.1) is 5.92 Å². The number of hydrogen-bond acceptors (Lipinski definition) is 6. The fourth-order valence-electron chi connectivity index (χ4n) is 3.96. The highest BCUT2D eigenvalue weighted by atomic mass is 32.2. The first-order valence-corrected chi connectivity index (χ1v) is 11.4. The first kappa shape index (κ1) is 22.1. The predicted octanol–water partition coefficient (Wildman–Crippen LogP) is 3.86. The molecule has 3 heterocycles. The Morgan fingerprint density at radius 2 is 2.07 bits per heavy atom. The van der Waals surface area contributed by atoms with Gasteiger partial charge in [0.05, 0.1) is 12.1 Å². The van der Waals surface area contributed by atoms with Gasteiger partial charge in [-0.1, -0.05) is 48.6 Å². The smallest absolute Gasteiger partial charge is 0.330 e. The highest BCUT2D eigenvalue weighted by Crippen LogP contribution is 2.36. The third kappa shape index (κ3) is 6.46. The number of rotatable bonds is 1. The van der Waals surface area contributed by atoms with E-state index in [4.69, 9.17) is 9.47 Å². The van der Waals surface area contributed by atoms with Gasteiger partial charge < -0.3 is 19.9 Å². The number of amides is 1. The lowest BCUT2D eigenvalue weighted by atomic mass is 9.90. The summed E-state index contributed by atoms with van der Waals surface area (Å²) in [6, 6.07) is -0.505. The number of carbonyl (C=O) groups excluding carboxylic acids is 2. The second-order valence-corrected chi connectivity index (χ2v) is 9.27. The van der Waals surface area contributed by atoms with Crippen molar-refractivity contribution >= 4 is 23.0 Å². The second-order valence-electron chi connectivity index (χ2n) is 8.28. The number of ether oxygens (including phenoxy) is 2. The van der Waals surface area contributed by atoms with Crippen LogP contribution in [-0.4, -0.2) is 46.1 Å². The molecule has 7 heteroatoms. The van der Waals surface area contributed by atoms with E-state index in [0.717, 1.165) is 43.0 Å². The Kier molecular flexibility index (Phi) is 7.60. The number of hydrogen-bond donors (Lipinski definition) is 2. The molecular weight excluding hydrogens is 390 g/mol. The minimum atomic E-state index is -1.53. The minimum Gasteiger partial charge on any atom is -0.459 e. The molecule has 0 aromatic heterocycles. The SMILES string of the molecule is C/C1=C/C(=O)O[C@@H]2CC(CC[C@H](C)/C=C\C=C\CC1)O[C@@](O)([C@@H]1CSC(=O)N1)C2. The van der Waals surface area contributed by atoms with Gasteiger partial charge in [-0.2, -0.15) is 0 Å². The molecule has 0 radical (unpaired) electrons. The Labute approximate surface area is 176 Å². The number of nitrogens with one attached hydrogen (secondary N) is 1. The third-order valence-corrected chi connectivity index (χ3v) is 6.50. The molecule has 1 unspecified atom stereocenters. The normalized spacial score (nSPS) is 41.0. The van der Waals surface area contributed by atoms with Gasteiger partial charge in [0.15, 0.2) is 5.79 Å². The summed E-state index contributed by atoms with van der Waals surface area (Å²) in [4.78, 5) is 24.0. The summed E-state index contributed by atoms with van der Waals surface area (Å²) in [5, 5.41) is 13.8. The van der Waals surface area contributed by atoms with Crippen LogP contribution in [0.3, 0.4) is 0 Å². The van der Waals surface area contributed by atoms with Gasteiger partial charge in [0.1, 0.15) is 6.10 Å². The lowest BCUT2D eigenvalue weighted by Crippen LogP contribution is -2.58. The maximum Gasteiger partial charge on any atom is 0.330 e. The zero-order valence-corrected chi connectivity index (χ0v) is 18.0. The van der Waals surface area contributed by atoms with Crippen LogP contribution >= 0.6 is 11.8 Å². The number of esters is 1. The molecule has 2 fully saturated rings. The van der Waals surface area contributed by atoms with E-state index in [0.29, 0.717) is 18.1 Å². The molecule has 5 atom stereocenters. The van der Waals surface area contributed by atoms with Gasteiger partial charge in [-0.3, -0.25) is 4.79 Å². The van der Waals surface area contributed by atoms with Crippen molar-refractivity contribution in [3.05, 3.63) is 36.0 Å². The molecule has 0 aliphatic carbocycles. The first-order chi connectivity index (χ1) is 13.8. The highest BCUT2D eigenvalue weighted by Gasteiger charge is 2.49. The van der Waals surface area contributed by atoms with Gasteiger partial charge in [0.25, 0.3) is 5.24 Å². The maximum atomic E-state index is 12.4. The van der Waals surface area contributed by atoms with Crippen LogP contribution in [0.1, 0.15) is 52.4 Å². The van der Waals surface area contributed by atoms with Crippen molar-refractivity contribution in [2.75, 3.05) is 5.75 Å². The van der Waals surface area contributed by atoms with Gasteiger partial charge in [-0.15, -0.1) is 0 Å². The zero-order chi connectivity index (χ0) is 20.9. The molecule has 29 heavy (non-hydrogen) atoms. The molecule has 6 nitrogen and oxygen atoms in total. The summed E-state index contributed by atoms with van der Waals surface area (Å²) >= 11 is 1.14. The number of aliphatic hydroxyl groups is 1. The van der Waals surface area contributed by atoms with Crippen molar-refractivity contribution in [3.8, 4) is 0 Å². The van der Waals surface area contributed by atoms with E-state index in [1.807, 2.05) is 13.0 Å². The number of allylic oxidation sites excluding steroid dienone is 5. The van der Waals surface area contributed by atoms with Crippen molar-refractivity contribution in [3.63, 3.8) is 0 Å². The molecule has 0 saturated carbocycles. The van der Waals surface area contributed by atoms with Crippen LogP contribution in [0.15, 0.2) is 36.0 Å². The van der Waals surface area contributed by atoms with E-state index in [9.17, 15) is 14.7 Å². The second kappa shape index (κ2) is 9.96. The molecule has 2 bridgehead atoms. The summed E-state index contributed by atoms with van der Waals surface area (Å²) in [6.07, 6.45) is 13.2. The molecule has 3 rings (SSSR count). The molecular formula is C22H31NO5S. The molecule has 2 N–H and O–H groups in total. The van der Waals surface area contributed by atoms with E-state index >= 15 is 0 Å². The van der Waals surface area contributed by atoms with Crippen LogP contribution in [0.2, 0.25) is 0 Å². The highest BCUT2D eigenvalue weighted by molar-refractivity contribution is 8.14. The largest absolute Gasteiger partial charge is 0.459 e. The van der Waals surface area contributed by atoms with E-state index < -0.39 is 17.9 Å². The summed E-state index contributed by atoms with van der Waals surface area (Å²) in [6.45, 7) is 4.07. The molecule has 1 amide bonds. The van der Waals surface area contributed by atoms with Gasteiger partial charge >= 0.3 is 5.97 Å². The molecule has 2 saturated heterocycles. The van der Waals surface area contributed by atoms with E-state index in [2.05, 4.69) is 30.5 Å². The van der Waals surface area contributed by atoms with E-state index in [-0.39, 0.29) is 23.7 Å². The summed E-state index contributed by atoms with van der Waals surface area (Å²) < 4.78 is 11.8. The Balaban J connectivity index is 1.78. The van der Waals surface area contributed by atoms with Crippen molar-refractivity contribution < 1.29 is 24.2 Å². The van der Waals surface area contributed by atoms with Crippen molar-refractivity contribution in [2.45, 2.75) is 76.4 Å². The summed E-state index contributed by atoms with van der Waals surface area (Å²) in [7, 11) is 0. The Morgan fingerprint density at radius 1 is 1.24 bits per heavy atom. The maximum absolute atomic E-state index is 12.4. The lowest BCUT2D eigenvalue weighted by molar-refractivity contribution is -0.283. The molecule has 0 spiro atoms. The summed E-state index contributed by atoms with van der Waals surface area (Å²) in [5.74, 6) is -1.10. The number of thioether (sulfide) groups is 1. The van der Waals surface area contributed by atoms with Crippen LogP contribution in [0.25, 0.3) is 0 Å². The quantitative estimate of drug-likeness (QED) is 0.626. The van der Waals surface area contributed by atoms with Gasteiger partial charge in [0, 0.05) is 24.7 Å². The van der Waals surface area contributed by atoms with Gasteiger partial charge in [-0.05, 0) is 38.5 Å². The molecule has 0 aromatic rings. The molecule has 3 aliphatic rings. The number of carbonyl (C=O) groups is 2. The number of fused-ring (bicyclic) bond motifs is 2. The Hall–Kier alpha value is -1.57. The molecule has 0 aromatic carbocycles. The molecule has 3 aliphatic heterocycles. The average Bonchev–Trinajstić information content (AvgIpc) is 3.09. The van der Waals surface area contributed by atoms with E-state index in [1.54, 1.807) is 0 Å². The monoisotopic (exact) mass is 421 g/mol. The van der Waals surface area contributed by atoms with Crippen molar-refractivity contribution in [1.29, 1.82) is 0 Å². The zero-order valence-electron chi connectivity index (χ0n) is 17.1. The van der Waals surface area contributed by atoms with Crippen molar-refractivity contribution in [2.24, 2.45) is 5.92 Å². The topological polar surface area (TPSA) is 84.9 Å². The average molecular weight is 422 g/mol. The predicted molar refractivity (Wildman–Crippen MR) is 113 cm³/mol. The van der Waals surface area contributed by atoms with Crippen LogP contribution in [-0.2, 0) is 14.3 Å². The standard InChI is InChI=1S/C22H31NO5S/c1-15-7-5-3-4-6-8-16(2)11-20(24)27-18-12-17(10-9-15)28-22(26,13-18)19-14-29-21(25)23-19/h3-5,7,11,15,17-19,26H,6,8-10,12-14H2,1-2H3,(H,23,25)/b4-3+,7-5-,16-11-/t15-,17?,18-,19+,22-/m1/s1. The fraction of sp³-hybridized carbons (Fsp3) is 0.636. The van der Waals surface area contributed by atoms with Crippen LogP contribution in [0.5, 0.6) is 0 Å². The Bertz CT molecular complexity index is 703. The van der Waals surface area contributed by atoms with E-state index in [1.165, 1.54) is 6.08 Å². The van der Waals surface area contributed by atoms with Crippen LogP contribution in [0.4, 0.5) is 4.79 Å². The minimum absolute atomic E-state index is 0.159. The first-order valence-electron chi connectivity index (χ1n) is 10.4. The van der Waals surface area contributed by atoms with Crippen LogP contribution < -0.4 is 5.32 Å². The molecule has 160 valence electrons. The summed E-state index contributed by atoms with van der Waals surface area (Å²) in [5.41, 5.74) is 0.961. The Morgan fingerprint density at radius 3 is 2.83 bits per heavy atom. The van der Waals surface area contributed by atoms with Gasteiger partial charge in [0.2, 0.25) is 0 Å². The lowest BCUT2D eigenvalue weighted by Gasteiger charge is -2.43. The third-order valence-electron chi connectivity index (χ3n) is 5.62. The fourth-order valence-corrected chi connectivity index (χ4v) is 4.85. The van der Waals surface area contributed by atoms with Crippen molar-refractivity contribution in [1.82, 2.24) is 5.32 Å². The van der Waals surface area contributed by atoms with Gasteiger partial charge in [-0.25, -0.2) is 4.79 Å².